The summed E-state index contributed by atoms with van der Waals surface area (Å²) in [5, 5.41) is 10.5. The molecule has 1 N–H and O–H groups in total. The first-order chi connectivity index (χ1) is 10.6. The van der Waals surface area contributed by atoms with Gasteiger partial charge in [-0.25, -0.2) is 4.39 Å². The molecule has 2 unspecified atom stereocenters. The average Bonchev–Trinajstić information content (AvgIpc) is 2.51. The lowest BCUT2D eigenvalue weighted by molar-refractivity contribution is 0.0474. The summed E-state index contributed by atoms with van der Waals surface area (Å²) in [4.78, 5) is 2.27. The van der Waals surface area contributed by atoms with Crippen molar-refractivity contribution in [2.45, 2.75) is 31.9 Å². The van der Waals surface area contributed by atoms with Crippen molar-refractivity contribution in [3.05, 3.63) is 71.0 Å². The van der Waals surface area contributed by atoms with Gasteiger partial charge in [0.2, 0.25) is 0 Å². The average molecular weight is 299 g/mol. The van der Waals surface area contributed by atoms with E-state index in [0.29, 0.717) is 6.54 Å². The van der Waals surface area contributed by atoms with Crippen molar-refractivity contribution in [1.82, 2.24) is 4.90 Å². The van der Waals surface area contributed by atoms with Crippen molar-refractivity contribution in [3.63, 3.8) is 0 Å². The summed E-state index contributed by atoms with van der Waals surface area (Å²) < 4.78 is 13.5. The largest absolute Gasteiger partial charge is 0.391 e. The third-order valence-corrected chi connectivity index (χ3v) is 4.56. The van der Waals surface area contributed by atoms with E-state index in [1.807, 2.05) is 25.1 Å². The molecule has 0 amide bonds. The summed E-state index contributed by atoms with van der Waals surface area (Å²) in [5.41, 5.74) is 3.27. The predicted molar refractivity (Wildman–Crippen MR) is 86.2 cm³/mol. The van der Waals surface area contributed by atoms with E-state index >= 15 is 0 Å². The van der Waals surface area contributed by atoms with Gasteiger partial charge in [-0.15, -0.1) is 0 Å². The number of halogens is 1. The lowest BCUT2D eigenvalue weighted by atomic mass is 9.84. The van der Waals surface area contributed by atoms with Crippen LogP contribution < -0.4 is 0 Å². The Hall–Kier alpha value is -1.71. The smallest absolute Gasteiger partial charge is 0.123 e. The first-order valence-corrected chi connectivity index (χ1v) is 7.84. The lowest BCUT2D eigenvalue weighted by Gasteiger charge is -2.36. The van der Waals surface area contributed by atoms with Crippen molar-refractivity contribution in [1.29, 1.82) is 0 Å². The van der Waals surface area contributed by atoms with Crippen molar-refractivity contribution in [3.8, 4) is 0 Å². The Kier molecular flexibility index (Phi) is 4.55. The second-order valence-corrected chi connectivity index (χ2v) is 6.18. The van der Waals surface area contributed by atoms with E-state index in [9.17, 15) is 9.50 Å². The molecule has 0 saturated carbocycles. The Morgan fingerprint density at radius 1 is 1.18 bits per heavy atom. The number of benzene rings is 2. The van der Waals surface area contributed by atoms with E-state index in [1.165, 1.54) is 11.6 Å². The van der Waals surface area contributed by atoms with E-state index in [2.05, 4.69) is 17.0 Å². The Labute approximate surface area is 131 Å². The molecule has 2 atom stereocenters. The summed E-state index contributed by atoms with van der Waals surface area (Å²) in [7, 11) is 0. The summed E-state index contributed by atoms with van der Waals surface area (Å²) in [6.45, 7) is 4.40. The number of β-amino-alcohol motifs (C(OH)–C–C–N with tert-alkyl or cyclic N) is 1. The van der Waals surface area contributed by atoms with Crippen molar-refractivity contribution >= 4 is 0 Å². The zero-order valence-electron chi connectivity index (χ0n) is 12.9. The fourth-order valence-electron chi connectivity index (χ4n) is 3.36. The lowest BCUT2D eigenvalue weighted by Crippen LogP contribution is -2.42. The quantitative estimate of drug-likeness (QED) is 0.938. The zero-order valence-corrected chi connectivity index (χ0v) is 12.9. The molecular formula is C19H22FNO. The SMILES string of the molecule is Cc1ccc(F)cc1C1CCN(Cc2ccccc2)CC1O. The molecule has 0 radical (unpaired) electrons. The summed E-state index contributed by atoms with van der Waals surface area (Å²) in [6.07, 6.45) is 0.413. The molecule has 2 nitrogen and oxygen atoms in total. The number of aliphatic hydroxyl groups is 1. The van der Waals surface area contributed by atoms with Gasteiger partial charge < -0.3 is 5.11 Å². The number of hydrogen-bond donors (Lipinski definition) is 1. The second-order valence-electron chi connectivity index (χ2n) is 6.18. The van der Waals surface area contributed by atoms with Gasteiger partial charge in [-0.1, -0.05) is 36.4 Å². The van der Waals surface area contributed by atoms with Gasteiger partial charge in [-0.2, -0.15) is 0 Å². The topological polar surface area (TPSA) is 23.5 Å². The first-order valence-electron chi connectivity index (χ1n) is 7.84. The van der Waals surface area contributed by atoms with Crippen LogP contribution in [-0.2, 0) is 6.54 Å². The molecule has 2 aromatic carbocycles. The molecule has 1 aliphatic heterocycles. The molecule has 1 heterocycles. The predicted octanol–water partition coefficient (Wildman–Crippen LogP) is 3.48. The highest BCUT2D eigenvalue weighted by molar-refractivity contribution is 5.31. The number of hydrogen-bond acceptors (Lipinski definition) is 2. The van der Waals surface area contributed by atoms with Crippen molar-refractivity contribution in [2.24, 2.45) is 0 Å². The molecule has 2 aromatic rings. The summed E-state index contributed by atoms with van der Waals surface area (Å²) in [6, 6.07) is 15.2. The fraction of sp³-hybridized carbons (Fsp3) is 0.368. The molecule has 3 rings (SSSR count). The minimum absolute atomic E-state index is 0.0303. The Morgan fingerprint density at radius 2 is 1.95 bits per heavy atom. The van der Waals surface area contributed by atoms with E-state index < -0.39 is 6.10 Å². The van der Waals surface area contributed by atoms with Crippen LogP contribution in [0.5, 0.6) is 0 Å². The maximum Gasteiger partial charge on any atom is 0.123 e. The van der Waals surface area contributed by atoms with Crippen molar-refractivity contribution < 1.29 is 9.50 Å². The molecule has 116 valence electrons. The normalized spacial score (nSPS) is 22.7. The minimum Gasteiger partial charge on any atom is -0.391 e. The molecule has 0 bridgehead atoms. The first kappa shape index (κ1) is 15.2. The molecule has 3 heteroatoms. The van der Waals surface area contributed by atoms with E-state index in [0.717, 1.165) is 30.6 Å². The third kappa shape index (κ3) is 3.37. The number of aryl methyl sites for hydroxylation is 1. The molecular weight excluding hydrogens is 277 g/mol. The Morgan fingerprint density at radius 3 is 2.68 bits per heavy atom. The van der Waals surface area contributed by atoms with Gasteiger partial charge in [0, 0.05) is 19.0 Å². The van der Waals surface area contributed by atoms with Crippen molar-refractivity contribution in [2.75, 3.05) is 13.1 Å². The maximum atomic E-state index is 13.5. The van der Waals surface area contributed by atoms with Crippen LogP contribution in [0, 0.1) is 12.7 Å². The van der Waals surface area contributed by atoms with Gasteiger partial charge in [0.15, 0.2) is 0 Å². The molecule has 0 aliphatic carbocycles. The maximum absolute atomic E-state index is 13.5. The van der Waals surface area contributed by atoms with Crippen LogP contribution in [0.4, 0.5) is 4.39 Å². The highest BCUT2D eigenvalue weighted by atomic mass is 19.1. The molecule has 1 aliphatic rings. The second kappa shape index (κ2) is 6.59. The molecule has 0 spiro atoms. The summed E-state index contributed by atoms with van der Waals surface area (Å²) >= 11 is 0. The van der Waals surface area contributed by atoms with Gasteiger partial charge >= 0.3 is 0 Å². The van der Waals surface area contributed by atoms with Crippen LogP contribution in [-0.4, -0.2) is 29.2 Å². The van der Waals surface area contributed by atoms with Crippen LogP contribution in [0.2, 0.25) is 0 Å². The third-order valence-electron chi connectivity index (χ3n) is 4.56. The number of likely N-dealkylation sites (tertiary alicyclic amines) is 1. The molecule has 0 aromatic heterocycles. The van der Waals surface area contributed by atoms with Crippen LogP contribution >= 0.6 is 0 Å². The summed E-state index contributed by atoms with van der Waals surface area (Å²) in [5.74, 6) is -0.192. The Bertz CT molecular complexity index is 629. The fourth-order valence-corrected chi connectivity index (χ4v) is 3.36. The molecule has 1 fully saturated rings. The monoisotopic (exact) mass is 299 g/mol. The highest BCUT2D eigenvalue weighted by Crippen LogP contribution is 2.31. The van der Waals surface area contributed by atoms with E-state index in [-0.39, 0.29) is 11.7 Å². The van der Waals surface area contributed by atoms with Gasteiger partial charge in [-0.05, 0) is 48.7 Å². The van der Waals surface area contributed by atoms with Gasteiger partial charge in [0.1, 0.15) is 5.82 Å². The Balaban J connectivity index is 1.68. The van der Waals surface area contributed by atoms with Gasteiger partial charge in [0.05, 0.1) is 6.10 Å². The molecule has 1 saturated heterocycles. The number of piperidine rings is 1. The molecule has 22 heavy (non-hydrogen) atoms. The van der Waals surface area contributed by atoms with Crippen LogP contribution in [0.1, 0.15) is 29.0 Å². The van der Waals surface area contributed by atoms with Gasteiger partial charge in [0.25, 0.3) is 0 Å². The van der Waals surface area contributed by atoms with Gasteiger partial charge in [-0.3, -0.25) is 4.90 Å². The van der Waals surface area contributed by atoms with Crippen LogP contribution in [0.3, 0.4) is 0 Å². The number of rotatable bonds is 3. The zero-order chi connectivity index (χ0) is 15.5. The van der Waals surface area contributed by atoms with E-state index in [1.54, 1.807) is 12.1 Å². The van der Waals surface area contributed by atoms with Crippen LogP contribution in [0.15, 0.2) is 48.5 Å². The highest BCUT2D eigenvalue weighted by Gasteiger charge is 2.29. The van der Waals surface area contributed by atoms with Crippen LogP contribution in [0.25, 0.3) is 0 Å². The minimum atomic E-state index is -0.446. The standard InChI is InChI=1S/C19H22FNO/c1-14-7-8-16(20)11-18(14)17-9-10-21(13-19(17)22)12-15-5-3-2-4-6-15/h2-8,11,17,19,22H,9-10,12-13H2,1H3. The number of aliphatic hydroxyl groups excluding tert-OH is 1. The number of nitrogens with zero attached hydrogens (tertiary/aromatic N) is 1. The van der Waals surface area contributed by atoms with E-state index in [4.69, 9.17) is 0 Å².